The Labute approximate surface area is 152 Å². The molecule has 2 rings (SSSR count). The summed E-state index contributed by atoms with van der Waals surface area (Å²) in [5.74, 6) is -0.431. The summed E-state index contributed by atoms with van der Waals surface area (Å²) in [6.07, 6.45) is 1.03. The third kappa shape index (κ3) is 5.10. The number of benzene rings is 2. The molecule has 1 amide bonds. The van der Waals surface area contributed by atoms with E-state index < -0.39 is 15.9 Å². The summed E-state index contributed by atoms with van der Waals surface area (Å²) in [7, 11) is -3.41. The highest BCUT2D eigenvalue weighted by molar-refractivity contribution is 9.10. The van der Waals surface area contributed by atoms with Crippen LogP contribution in [0.1, 0.15) is 10.4 Å². The second-order valence-corrected chi connectivity index (χ2v) is 8.07. The van der Waals surface area contributed by atoms with Crippen LogP contribution in [0.15, 0.2) is 40.9 Å². The molecule has 9 heteroatoms. The normalized spacial score (nSPS) is 11.1. The Morgan fingerprint density at radius 2 is 1.65 bits per heavy atom. The van der Waals surface area contributed by atoms with Crippen LogP contribution in [0.5, 0.6) is 0 Å². The molecule has 2 aromatic rings. The minimum Gasteiger partial charge on any atom is -0.322 e. The van der Waals surface area contributed by atoms with E-state index in [0.717, 1.165) is 6.26 Å². The molecule has 23 heavy (non-hydrogen) atoms. The summed E-state index contributed by atoms with van der Waals surface area (Å²) < 4.78 is 25.4. The maximum Gasteiger partial charge on any atom is 0.257 e. The Morgan fingerprint density at radius 3 is 2.22 bits per heavy atom. The molecule has 2 N–H and O–H groups in total. The van der Waals surface area contributed by atoms with Crippen LogP contribution < -0.4 is 10.0 Å². The Morgan fingerprint density at radius 1 is 1.04 bits per heavy atom. The van der Waals surface area contributed by atoms with Gasteiger partial charge in [0, 0.05) is 15.8 Å². The van der Waals surface area contributed by atoms with Crippen molar-refractivity contribution in [2.75, 3.05) is 16.3 Å². The van der Waals surface area contributed by atoms with E-state index in [4.69, 9.17) is 23.2 Å². The predicted octanol–water partition coefficient (Wildman–Crippen LogP) is 4.38. The molecule has 0 heterocycles. The predicted molar refractivity (Wildman–Crippen MR) is 97.0 cm³/mol. The maximum atomic E-state index is 12.2. The van der Waals surface area contributed by atoms with Gasteiger partial charge < -0.3 is 5.32 Å². The average Bonchev–Trinajstić information content (AvgIpc) is 2.41. The standard InChI is InChI=1S/C14H11BrCl2N2O3S/c1-23(21,22)19-9-2-4-10(12(16)7-9)14(20)18-8-3-5-11(15)13(17)6-8/h2-7,19H,1H3,(H,18,20). The highest BCUT2D eigenvalue weighted by atomic mass is 79.9. The van der Waals surface area contributed by atoms with Crippen LogP contribution in [0, 0.1) is 0 Å². The summed E-state index contributed by atoms with van der Waals surface area (Å²) in [4.78, 5) is 12.2. The first-order chi connectivity index (χ1) is 10.7. The maximum absolute atomic E-state index is 12.2. The topological polar surface area (TPSA) is 75.3 Å². The van der Waals surface area contributed by atoms with Gasteiger partial charge in [-0.3, -0.25) is 9.52 Å². The summed E-state index contributed by atoms with van der Waals surface area (Å²) in [6.45, 7) is 0. The third-order valence-electron chi connectivity index (χ3n) is 2.69. The number of anilines is 2. The van der Waals surface area contributed by atoms with Crippen molar-refractivity contribution in [3.8, 4) is 0 Å². The molecule has 0 unspecified atom stereocenters. The lowest BCUT2D eigenvalue weighted by molar-refractivity contribution is 0.102. The fourth-order valence-corrected chi connectivity index (χ4v) is 3.00. The minimum absolute atomic E-state index is 0.124. The summed E-state index contributed by atoms with van der Waals surface area (Å²) >= 11 is 15.3. The van der Waals surface area contributed by atoms with Gasteiger partial charge in [-0.05, 0) is 52.3 Å². The number of sulfonamides is 1. The van der Waals surface area contributed by atoms with E-state index >= 15 is 0 Å². The molecule has 0 atom stereocenters. The number of hydrogen-bond acceptors (Lipinski definition) is 3. The first-order valence-electron chi connectivity index (χ1n) is 6.19. The van der Waals surface area contributed by atoms with E-state index in [1.54, 1.807) is 18.2 Å². The van der Waals surface area contributed by atoms with Crippen molar-refractivity contribution in [2.45, 2.75) is 0 Å². The molecule has 0 bridgehead atoms. The van der Waals surface area contributed by atoms with Crippen molar-refractivity contribution >= 4 is 66.4 Å². The molecule has 0 spiro atoms. The van der Waals surface area contributed by atoms with Gasteiger partial charge >= 0.3 is 0 Å². The van der Waals surface area contributed by atoms with Crippen LogP contribution in [0.2, 0.25) is 10.0 Å². The third-order valence-corrected chi connectivity index (χ3v) is 4.85. The molecule has 0 saturated carbocycles. The highest BCUT2D eigenvalue weighted by Crippen LogP contribution is 2.27. The molecular formula is C14H11BrCl2N2O3S. The monoisotopic (exact) mass is 436 g/mol. The molecule has 0 aromatic heterocycles. The van der Waals surface area contributed by atoms with Crippen LogP contribution in [-0.2, 0) is 10.0 Å². The van der Waals surface area contributed by atoms with E-state index in [9.17, 15) is 13.2 Å². The van der Waals surface area contributed by atoms with Gasteiger partial charge in [0.2, 0.25) is 10.0 Å². The number of amides is 1. The zero-order valence-electron chi connectivity index (χ0n) is 11.7. The number of rotatable bonds is 4. The van der Waals surface area contributed by atoms with Gasteiger partial charge in [0.1, 0.15) is 0 Å². The quantitative estimate of drug-likeness (QED) is 0.745. The number of carbonyl (C=O) groups excluding carboxylic acids is 1. The van der Waals surface area contributed by atoms with Crippen molar-refractivity contribution in [2.24, 2.45) is 0 Å². The van der Waals surface area contributed by atoms with E-state index in [2.05, 4.69) is 26.0 Å². The lowest BCUT2D eigenvalue weighted by Gasteiger charge is -2.10. The Bertz CT molecular complexity index is 872. The molecule has 5 nitrogen and oxygen atoms in total. The summed E-state index contributed by atoms with van der Waals surface area (Å²) in [5, 5.41) is 3.25. The first kappa shape index (κ1) is 18.1. The Kier molecular flexibility index (Phi) is 5.57. The molecule has 2 aromatic carbocycles. The number of hydrogen-bond donors (Lipinski definition) is 2. The van der Waals surface area contributed by atoms with E-state index in [1.165, 1.54) is 18.2 Å². The molecule has 0 fully saturated rings. The second-order valence-electron chi connectivity index (χ2n) is 4.65. The smallest absolute Gasteiger partial charge is 0.257 e. The lowest BCUT2D eigenvalue weighted by Crippen LogP contribution is -2.13. The van der Waals surface area contributed by atoms with Crippen LogP contribution in [0.25, 0.3) is 0 Å². The van der Waals surface area contributed by atoms with E-state index in [-0.39, 0.29) is 16.3 Å². The largest absolute Gasteiger partial charge is 0.322 e. The van der Waals surface area contributed by atoms with Crippen LogP contribution >= 0.6 is 39.1 Å². The summed E-state index contributed by atoms with van der Waals surface area (Å²) in [6, 6.07) is 9.24. The molecule has 122 valence electrons. The highest BCUT2D eigenvalue weighted by Gasteiger charge is 2.13. The van der Waals surface area contributed by atoms with E-state index in [0.29, 0.717) is 15.2 Å². The molecule has 0 aliphatic carbocycles. The zero-order valence-corrected chi connectivity index (χ0v) is 15.6. The molecule has 0 aliphatic rings. The zero-order chi connectivity index (χ0) is 17.2. The van der Waals surface area contributed by atoms with Gasteiger partial charge in [0.05, 0.1) is 21.9 Å². The van der Waals surface area contributed by atoms with Crippen molar-refractivity contribution < 1.29 is 13.2 Å². The van der Waals surface area contributed by atoms with Crippen molar-refractivity contribution in [1.82, 2.24) is 0 Å². The van der Waals surface area contributed by atoms with Gasteiger partial charge in [-0.25, -0.2) is 8.42 Å². The fourth-order valence-electron chi connectivity index (χ4n) is 1.75. The van der Waals surface area contributed by atoms with E-state index in [1.807, 2.05) is 0 Å². The van der Waals surface area contributed by atoms with Crippen LogP contribution in [0.4, 0.5) is 11.4 Å². The lowest BCUT2D eigenvalue weighted by atomic mass is 10.2. The fraction of sp³-hybridized carbons (Fsp3) is 0.0714. The second kappa shape index (κ2) is 7.09. The van der Waals surface area contributed by atoms with Gasteiger partial charge in [0.15, 0.2) is 0 Å². The van der Waals surface area contributed by atoms with Crippen LogP contribution in [0.3, 0.4) is 0 Å². The molecule has 0 radical (unpaired) electrons. The van der Waals surface area contributed by atoms with Gasteiger partial charge in [-0.1, -0.05) is 23.2 Å². The molecule has 0 aliphatic heterocycles. The van der Waals surface area contributed by atoms with Crippen LogP contribution in [-0.4, -0.2) is 20.6 Å². The van der Waals surface area contributed by atoms with Crippen molar-refractivity contribution in [3.05, 3.63) is 56.5 Å². The SMILES string of the molecule is CS(=O)(=O)Nc1ccc(C(=O)Nc2ccc(Br)c(Cl)c2)c(Cl)c1. The average molecular weight is 438 g/mol. The van der Waals surface area contributed by atoms with Crippen molar-refractivity contribution in [3.63, 3.8) is 0 Å². The number of nitrogens with one attached hydrogen (secondary N) is 2. The van der Waals surface area contributed by atoms with Gasteiger partial charge in [0.25, 0.3) is 5.91 Å². The molecule has 0 saturated heterocycles. The van der Waals surface area contributed by atoms with Crippen molar-refractivity contribution in [1.29, 1.82) is 0 Å². The minimum atomic E-state index is -3.41. The molecular weight excluding hydrogens is 427 g/mol. The Balaban J connectivity index is 2.20. The van der Waals surface area contributed by atoms with Gasteiger partial charge in [-0.15, -0.1) is 0 Å². The number of carbonyl (C=O) groups is 1. The first-order valence-corrected chi connectivity index (χ1v) is 9.63. The Hall–Kier alpha value is -1.28. The van der Waals surface area contributed by atoms with Gasteiger partial charge in [-0.2, -0.15) is 0 Å². The summed E-state index contributed by atoms with van der Waals surface area (Å²) in [5.41, 5.74) is 1.00. The number of halogens is 3.